The van der Waals surface area contributed by atoms with Crippen LogP contribution < -0.4 is 5.84 Å². The number of hydrogen-bond donors (Lipinski definition) is 1. The first-order valence-corrected chi connectivity index (χ1v) is 9.44. The highest BCUT2D eigenvalue weighted by Crippen LogP contribution is 2.29. The summed E-state index contributed by atoms with van der Waals surface area (Å²) in [6.07, 6.45) is 0. The molecule has 0 unspecified atom stereocenters. The van der Waals surface area contributed by atoms with Crippen LogP contribution in [0.5, 0.6) is 0 Å². The van der Waals surface area contributed by atoms with E-state index in [0.29, 0.717) is 21.6 Å². The molecule has 2 rings (SSSR count). The molecule has 1 aromatic heterocycles. The summed E-state index contributed by atoms with van der Waals surface area (Å²) in [5.41, 5.74) is 0.705. The third-order valence-electron chi connectivity index (χ3n) is 3.78. The number of benzene rings is 1. The normalized spacial score (nSPS) is 12.6. The van der Waals surface area contributed by atoms with Crippen LogP contribution >= 0.6 is 23.4 Å². The topological polar surface area (TPSA) is 77.0 Å². The molecule has 25 heavy (non-hydrogen) atoms. The number of carbonyl (C=O) groups excluding carboxylic acids is 1. The lowest BCUT2D eigenvalue weighted by molar-refractivity contribution is -0.133. The van der Waals surface area contributed by atoms with Crippen molar-refractivity contribution in [3.8, 4) is 11.4 Å². The molecule has 1 heterocycles. The van der Waals surface area contributed by atoms with Gasteiger partial charge in [-0.1, -0.05) is 35.5 Å². The molecule has 2 N–H and O–H groups in total. The summed E-state index contributed by atoms with van der Waals surface area (Å²) in [4.78, 5) is 14.6. The molecule has 0 fully saturated rings. The molecular formula is C17H24ClN5OS. The molecule has 1 atom stereocenters. The van der Waals surface area contributed by atoms with E-state index in [4.69, 9.17) is 17.4 Å². The molecular weight excluding hydrogens is 358 g/mol. The molecule has 0 saturated heterocycles. The average molecular weight is 382 g/mol. The van der Waals surface area contributed by atoms with Crippen LogP contribution in [0.4, 0.5) is 0 Å². The molecule has 0 radical (unpaired) electrons. The Morgan fingerprint density at radius 1 is 1.16 bits per heavy atom. The molecule has 0 aliphatic heterocycles. The molecule has 136 valence electrons. The zero-order valence-corrected chi connectivity index (χ0v) is 16.7. The number of carbonyl (C=O) groups is 1. The maximum absolute atomic E-state index is 12.8. The lowest BCUT2D eigenvalue weighted by Gasteiger charge is -2.32. The first kappa shape index (κ1) is 19.6. The summed E-state index contributed by atoms with van der Waals surface area (Å²) >= 11 is 7.50. The van der Waals surface area contributed by atoms with Crippen LogP contribution in [0.25, 0.3) is 11.4 Å². The third kappa shape index (κ3) is 4.27. The van der Waals surface area contributed by atoms with Gasteiger partial charge in [0.25, 0.3) is 0 Å². The fourth-order valence-corrected chi connectivity index (χ4v) is 3.75. The van der Waals surface area contributed by atoms with Gasteiger partial charge in [-0.15, -0.1) is 10.2 Å². The fourth-order valence-electron chi connectivity index (χ4n) is 2.71. The lowest BCUT2D eigenvalue weighted by Crippen LogP contribution is -2.45. The Morgan fingerprint density at radius 2 is 1.76 bits per heavy atom. The molecule has 0 bridgehead atoms. The van der Waals surface area contributed by atoms with E-state index in [1.807, 2.05) is 57.7 Å². The Labute approximate surface area is 157 Å². The Hall–Kier alpha value is -1.73. The Kier molecular flexibility index (Phi) is 6.35. The van der Waals surface area contributed by atoms with E-state index in [-0.39, 0.29) is 23.2 Å². The van der Waals surface area contributed by atoms with Crippen molar-refractivity contribution >= 4 is 29.3 Å². The van der Waals surface area contributed by atoms with Gasteiger partial charge in [-0.05, 0) is 46.8 Å². The average Bonchev–Trinajstić information content (AvgIpc) is 2.88. The third-order valence-corrected chi connectivity index (χ3v) is 5.15. The Balaban J connectivity index is 2.21. The van der Waals surface area contributed by atoms with Gasteiger partial charge in [0.05, 0.1) is 10.3 Å². The number of nitrogens with two attached hydrogens (primary N) is 1. The number of amides is 1. The Morgan fingerprint density at radius 3 is 2.32 bits per heavy atom. The van der Waals surface area contributed by atoms with Crippen LogP contribution in [0, 0.1) is 0 Å². The summed E-state index contributed by atoms with van der Waals surface area (Å²) < 4.78 is 1.38. The van der Waals surface area contributed by atoms with Crippen molar-refractivity contribution in [1.82, 2.24) is 19.8 Å². The van der Waals surface area contributed by atoms with E-state index in [1.54, 1.807) is 6.07 Å². The highest BCUT2D eigenvalue weighted by Gasteiger charge is 2.27. The van der Waals surface area contributed by atoms with Crippen LogP contribution in [0.1, 0.15) is 34.6 Å². The monoisotopic (exact) mass is 381 g/mol. The van der Waals surface area contributed by atoms with Gasteiger partial charge in [0.15, 0.2) is 5.82 Å². The first-order valence-electron chi connectivity index (χ1n) is 8.18. The SMILES string of the molecule is CC(C)N(C(=O)[C@H](C)Sc1nnc(-c2ccccc2Cl)n1N)C(C)C. The number of thioether (sulfide) groups is 1. The van der Waals surface area contributed by atoms with Gasteiger partial charge in [-0.2, -0.15) is 0 Å². The van der Waals surface area contributed by atoms with Crippen LogP contribution in [-0.4, -0.2) is 43.0 Å². The van der Waals surface area contributed by atoms with Gasteiger partial charge in [0.1, 0.15) is 0 Å². The number of hydrogen-bond acceptors (Lipinski definition) is 5. The predicted molar refractivity (Wildman–Crippen MR) is 103 cm³/mol. The van der Waals surface area contributed by atoms with E-state index in [0.717, 1.165) is 0 Å². The molecule has 0 spiro atoms. The molecule has 2 aromatic rings. The molecule has 6 nitrogen and oxygen atoms in total. The summed E-state index contributed by atoms with van der Waals surface area (Å²) in [5.74, 6) is 6.66. The van der Waals surface area contributed by atoms with Crippen LogP contribution in [0.3, 0.4) is 0 Å². The van der Waals surface area contributed by atoms with Gasteiger partial charge in [0, 0.05) is 17.6 Å². The van der Waals surface area contributed by atoms with Crippen molar-refractivity contribution in [3.05, 3.63) is 29.3 Å². The second kappa shape index (κ2) is 8.10. The number of rotatable bonds is 6. The van der Waals surface area contributed by atoms with Gasteiger partial charge in [-0.3, -0.25) is 4.79 Å². The summed E-state index contributed by atoms with van der Waals surface area (Å²) in [7, 11) is 0. The van der Waals surface area contributed by atoms with Gasteiger partial charge >= 0.3 is 0 Å². The van der Waals surface area contributed by atoms with Crippen molar-refractivity contribution < 1.29 is 4.79 Å². The lowest BCUT2D eigenvalue weighted by atomic mass is 10.2. The number of nitrogens with zero attached hydrogens (tertiary/aromatic N) is 4. The minimum absolute atomic E-state index is 0.0530. The molecule has 0 aliphatic rings. The van der Waals surface area contributed by atoms with E-state index >= 15 is 0 Å². The molecule has 0 aliphatic carbocycles. The van der Waals surface area contributed by atoms with Crippen molar-refractivity contribution in [2.45, 2.75) is 57.1 Å². The standard InChI is InChI=1S/C17H24ClN5OS/c1-10(2)22(11(3)4)16(24)12(5)25-17-21-20-15(23(17)19)13-8-6-7-9-14(13)18/h6-12H,19H2,1-5H3/t12-/m0/s1. The van der Waals surface area contributed by atoms with Crippen LogP contribution in [-0.2, 0) is 4.79 Å². The largest absolute Gasteiger partial charge is 0.337 e. The van der Waals surface area contributed by atoms with E-state index in [2.05, 4.69) is 10.2 Å². The highest BCUT2D eigenvalue weighted by molar-refractivity contribution is 8.00. The maximum atomic E-state index is 12.8. The zero-order chi connectivity index (χ0) is 18.7. The minimum atomic E-state index is -0.324. The second-order valence-electron chi connectivity index (χ2n) is 6.35. The fraction of sp³-hybridized carbons (Fsp3) is 0.471. The van der Waals surface area contributed by atoms with Crippen LogP contribution in [0.2, 0.25) is 5.02 Å². The van der Waals surface area contributed by atoms with Crippen molar-refractivity contribution in [1.29, 1.82) is 0 Å². The molecule has 1 aromatic carbocycles. The zero-order valence-electron chi connectivity index (χ0n) is 15.1. The van der Waals surface area contributed by atoms with E-state index < -0.39 is 0 Å². The van der Waals surface area contributed by atoms with E-state index in [1.165, 1.54) is 16.4 Å². The maximum Gasteiger partial charge on any atom is 0.236 e. The summed E-state index contributed by atoms with van der Waals surface area (Å²) in [6, 6.07) is 7.56. The Bertz CT molecular complexity index is 738. The van der Waals surface area contributed by atoms with Crippen molar-refractivity contribution in [3.63, 3.8) is 0 Å². The van der Waals surface area contributed by atoms with Gasteiger partial charge in [-0.25, -0.2) is 4.68 Å². The quantitative estimate of drug-likeness (QED) is 0.612. The molecule has 1 amide bonds. The summed E-state index contributed by atoms with van der Waals surface area (Å²) in [5, 5.41) is 8.96. The van der Waals surface area contributed by atoms with Crippen molar-refractivity contribution in [2.24, 2.45) is 0 Å². The smallest absolute Gasteiger partial charge is 0.236 e. The van der Waals surface area contributed by atoms with Gasteiger partial charge < -0.3 is 10.7 Å². The highest BCUT2D eigenvalue weighted by atomic mass is 35.5. The number of aromatic nitrogens is 3. The molecule has 0 saturated carbocycles. The summed E-state index contributed by atoms with van der Waals surface area (Å²) in [6.45, 7) is 9.90. The van der Waals surface area contributed by atoms with Crippen LogP contribution in [0.15, 0.2) is 29.4 Å². The number of halogens is 1. The molecule has 8 heteroatoms. The first-order chi connectivity index (χ1) is 11.7. The second-order valence-corrected chi connectivity index (χ2v) is 8.06. The van der Waals surface area contributed by atoms with Gasteiger partial charge in [0.2, 0.25) is 11.1 Å². The van der Waals surface area contributed by atoms with Crippen molar-refractivity contribution in [2.75, 3.05) is 5.84 Å². The predicted octanol–water partition coefficient (Wildman–Crippen LogP) is 3.44. The number of nitrogen functional groups attached to an aromatic ring is 1. The van der Waals surface area contributed by atoms with E-state index in [9.17, 15) is 4.79 Å². The minimum Gasteiger partial charge on any atom is -0.337 e.